The van der Waals surface area contributed by atoms with Gasteiger partial charge in [-0.15, -0.1) is 11.3 Å². The van der Waals surface area contributed by atoms with Gasteiger partial charge >= 0.3 is 0 Å². The highest BCUT2D eigenvalue weighted by Gasteiger charge is 2.19. The third-order valence-corrected chi connectivity index (χ3v) is 4.80. The van der Waals surface area contributed by atoms with Crippen LogP contribution in [0.3, 0.4) is 0 Å². The van der Waals surface area contributed by atoms with Crippen molar-refractivity contribution >= 4 is 17.2 Å². The Morgan fingerprint density at radius 3 is 3.00 bits per heavy atom. The molecular weight excluding hydrogens is 254 g/mol. The van der Waals surface area contributed by atoms with Crippen molar-refractivity contribution in [3.05, 3.63) is 40.2 Å². The first-order valence-electron chi connectivity index (χ1n) is 6.94. The zero-order chi connectivity index (χ0) is 13.1. The quantitative estimate of drug-likeness (QED) is 0.895. The molecule has 1 aliphatic heterocycles. The van der Waals surface area contributed by atoms with Gasteiger partial charge in [-0.1, -0.05) is 6.07 Å². The number of likely N-dealkylation sites (tertiary alicyclic amines) is 1. The summed E-state index contributed by atoms with van der Waals surface area (Å²) >= 11 is 1.80. The molecule has 0 atom stereocenters. The molecule has 0 spiro atoms. The van der Waals surface area contributed by atoms with Crippen LogP contribution in [0, 0.1) is 0 Å². The molecule has 2 aromatic heterocycles. The van der Waals surface area contributed by atoms with Gasteiger partial charge in [0.2, 0.25) is 0 Å². The number of H-pyrrole nitrogens is 1. The molecule has 4 heteroatoms. The van der Waals surface area contributed by atoms with Gasteiger partial charge in [-0.2, -0.15) is 0 Å². The van der Waals surface area contributed by atoms with E-state index in [2.05, 4.69) is 52.0 Å². The number of hydrogen-bond acceptors (Lipinski definition) is 3. The molecule has 3 rings (SSSR count). The standard InChI is InChI=1S/C15H21N3S/c1-18-6-4-12(5-7-18)13-9-15(16-10-13)17-11-14-3-2-8-19-14/h2-3,8-10,12,16-17H,4-7,11H2,1H3. The predicted octanol–water partition coefficient (Wildman–Crippen LogP) is 3.50. The maximum Gasteiger partial charge on any atom is 0.103 e. The van der Waals surface area contributed by atoms with Crippen molar-refractivity contribution in [3.63, 3.8) is 0 Å². The smallest absolute Gasteiger partial charge is 0.103 e. The Bertz CT molecular complexity index is 495. The maximum atomic E-state index is 3.46. The van der Waals surface area contributed by atoms with Crippen LogP contribution in [0.4, 0.5) is 5.82 Å². The second-order valence-electron chi connectivity index (χ2n) is 5.36. The van der Waals surface area contributed by atoms with Gasteiger partial charge in [-0.05, 0) is 62.0 Å². The van der Waals surface area contributed by atoms with Crippen LogP contribution in [-0.4, -0.2) is 30.0 Å². The Morgan fingerprint density at radius 1 is 1.42 bits per heavy atom. The Labute approximate surface area is 118 Å². The average Bonchev–Trinajstić information content (AvgIpc) is 3.09. The summed E-state index contributed by atoms with van der Waals surface area (Å²) in [6.07, 6.45) is 4.73. The second kappa shape index (κ2) is 5.80. The lowest BCUT2D eigenvalue weighted by molar-refractivity contribution is 0.255. The number of aromatic nitrogens is 1. The Kier molecular flexibility index (Phi) is 3.89. The van der Waals surface area contributed by atoms with E-state index in [9.17, 15) is 0 Å². The minimum atomic E-state index is 0.727. The number of nitrogens with zero attached hydrogens (tertiary/aromatic N) is 1. The molecule has 0 saturated carbocycles. The van der Waals surface area contributed by atoms with E-state index in [1.807, 2.05) is 0 Å². The molecule has 3 heterocycles. The Morgan fingerprint density at radius 2 is 2.26 bits per heavy atom. The van der Waals surface area contributed by atoms with Gasteiger partial charge < -0.3 is 15.2 Å². The largest absolute Gasteiger partial charge is 0.367 e. The summed E-state index contributed by atoms with van der Waals surface area (Å²) < 4.78 is 0. The molecule has 0 radical (unpaired) electrons. The molecule has 19 heavy (non-hydrogen) atoms. The van der Waals surface area contributed by atoms with Crippen molar-refractivity contribution in [2.45, 2.75) is 25.3 Å². The van der Waals surface area contributed by atoms with Crippen molar-refractivity contribution in [1.29, 1.82) is 0 Å². The highest BCUT2D eigenvalue weighted by molar-refractivity contribution is 7.09. The van der Waals surface area contributed by atoms with E-state index >= 15 is 0 Å². The van der Waals surface area contributed by atoms with Crippen molar-refractivity contribution in [2.24, 2.45) is 0 Å². The minimum Gasteiger partial charge on any atom is -0.367 e. The van der Waals surface area contributed by atoms with Crippen molar-refractivity contribution in [2.75, 3.05) is 25.5 Å². The van der Waals surface area contributed by atoms with E-state index in [1.165, 1.54) is 36.4 Å². The molecule has 1 saturated heterocycles. The third kappa shape index (κ3) is 3.19. The molecule has 2 N–H and O–H groups in total. The summed E-state index contributed by atoms with van der Waals surface area (Å²) in [5, 5.41) is 5.58. The van der Waals surface area contributed by atoms with Crippen LogP contribution in [0.5, 0.6) is 0 Å². The molecule has 102 valence electrons. The van der Waals surface area contributed by atoms with E-state index in [0.29, 0.717) is 0 Å². The zero-order valence-electron chi connectivity index (χ0n) is 11.4. The lowest BCUT2D eigenvalue weighted by Crippen LogP contribution is -2.29. The summed E-state index contributed by atoms with van der Waals surface area (Å²) in [5.41, 5.74) is 1.46. The van der Waals surface area contributed by atoms with Crippen LogP contribution in [0.25, 0.3) is 0 Å². The predicted molar refractivity (Wildman–Crippen MR) is 81.9 cm³/mol. The minimum absolute atomic E-state index is 0.727. The highest BCUT2D eigenvalue weighted by Crippen LogP contribution is 2.29. The summed E-state index contributed by atoms with van der Waals surface area (Å²) in [5.74, 6) is 1.87. The summed E-state index contributed by atoms with van der Waals surface area (Å²) in [6, 6.07) is 6.54. The van der Waals surface area contributed by atoms with Crippen LogP contribution >= 0.6 is 11.3 Å². The van der Waals surface area contributed by atoms with E-state index in [-0.39, 0.29) is 0 Å². The monoisotopic (exact) mass is 275 g/mol. The van der Waals surface area contributed by atoms with Gasteiger partial charge in [0.25, 0.3) is 0 Å². The number of rotatable bonds is 4. The van der Waals surface area contributed by atoms with E-state index in [4.69, 9.17) is 0 Å². The van der Waals surface area contributed by atoms with Gasteiger partial charge in [0.05, 0.1) is 6.54 Å². The fourth-order valence-corrected chi connectivity index (χ4v) is 3.33. The molecular formula is C15H21N3S. The number of hydrogen-bond donors (Lipinski definition) is 2. The van der Waals surface area contributed by atoms with Crippen LogP contribution in [0.1, 0.15) is 29.2 Å². The van der Waals surface area contributed by atoms with E-state index in [1.54, 1.807) is 11.3 Å². The molecule has 0 bridgehead atoms. The van der Waals surface area contributed by atoms with Gasteiger partial charge in [0.15, 0.2) is 0 Å². The first-order chi connectivity index (χ1) is 9.31. The van der Waals surface area contributed by atoms with Gasteiger partial charge in [-0.3, -0.25) is 0 Å². The van der Waals surface area contributed by atoms with E-state index in [0.717, 1.165) is 18.3 Å². The van der Waals surface area contributed by atoms with Crippen molar-refractivity contribution in [3.8, 4) is 0 Å². The zero-order valence-corrected chi connectivity index (χ0v) is 12.2. The molecule has 0 aliphatic carbocycles. The van der Waals surface area contributed by atoms with Gasteiger partial charge in [0, 0.05) is 11.1 Å². The topological polar surface area (TPSA) is 31.1 Å². The van der Waals surface area contributed by atoms with Crippen molar-refractivity contribution < 1.29 is 0 Å². The number of anilines is 1. The summed E-state index contributed by atoms with van der Waals surface area (Å²) in [4.78, 5) is 7.14. The molecule has 2 aromatic rings. The molecule has 0 aromatic carbocycles. The molecule has 1 fully saturated rings. The van der Waals surface area contributed by atoms with Gasteiger partial charge in [-0.25, -0.2) is 0 Å². The third-order valence-electron chi connectivity index (χ3n) is 3.93. The number of aromatic amines is 1. The Balaban J connectivity index is 1.57. The number of thiophene rings is 1. The average molecular weight is 275 g/mol. The normalized spacial score (nSPS) is 17.7. The van der Waals surface area contributed by atoms with Crippen LogP contribution < -0.4 is 5.32 Å². The molecule has 1 aliphatic rings. The second-order valence-corrected chi connectivity index (χ2v) is 6.39. The Hall–Kier alpha value is -1.26. The van der Waals surface area contributed by atoms with Crippen molar-refractivity contribution in [1.82, 2.24) is 9.88 Å². The van der Waals surface area contributed by atoms with E-state index < -0.39 is 0 Å². The van der Waals surface area contributed by atoms with Gasteiger partial charge in [0.1, 0.15) is 5.82 Å². The maximum absolute atomic E-state index is 3.46. The number of piperidine rings is 1. The SMILES string of the molecule is CN1CCC(c2c[nH]c(NCc3cccs3)c2)CC1. The first kappa shape index (κ1) is 12.8. The van der Waals surface area contributed by atoms with Crippen LogP contribution in [0.2, 0.25) is 0 Å². The lowest BCUT2D eigenvalue weighted by Gasteiger charge is -2.28. The molecule has 0 amide bonds. The summed E-state index contributed by atoms with van der Waals surface area (Å²) in [6.45, 7) is 3.34. The molecule has 0 unspecified atom stereocenters. The first-order valence-corrected chi connectivity index (χ1v) is 7.82. The van der Waals surface area contributed by atoms with Crippen LogP contribution in [0.15, 0.2) is 29.8 Å². The lowest BCUT2D eigenvalue weighted by atomic mass is 9.91. The van der Waals surface area contributed by atoms with Crippen LogP contribution in [-0.2, 0) is 6.54 Å². The highest BCUT2D eigenvalue weighted by atomic mass is 32.1. The summed E-state index contributed by atoms with van der Waals surface area (Å²) in [7, 11) is 2.21. The molecule has 3 nitrogen and oxygen atoms in total. The number of nitrogens with one attached hydrogen (secondary N) is 2. The fraction of sp³-hybridized carbons (Fsp3) is 0.467. The fourth-order valence-electron chi connectivity index (χ4n) is 2.69.